The molecule has 22 heavy (non-hydrogen) atoms. The number of rotatable bonds is 7. The molecular formula is C18H22N2O2. The maximum Gasteiger partial charge on any atom is 0.241 e. The highest BCUT2D eigenvalue weighted by atomic mass is 16.5. The Morgan fingerprint density at radius 1 is 1.14 bits per heavy atom. The van der Waals surface area contributed by atoms with Crippen LogP contribution in [-0.2, 0) is 11.2 Å². The molecule has 0 spiro atoms. The lowest BCUT2D eigenvalue weighted by Crippen LogP contribution is -2.37. The van der Waals surface area contributed by atoms with E-state index < -0.39 is 6.04 Å². The zero-order valence-corrected chi connectivity index (χ0v) is 12.8. The Balaban J connectivity index is 1.88. The van der Waals surface area contributed by atoms with Gasteiger partial charge in [0.1, 0.15) is 5.75 Å². The van der Waals surface area contributed by atoms with Crippen molar-refractivity contribution in [2.24, 2.45) is 5.73 Å². The summed E-state index contributed by atoms with van der Waals surface area (Å²) in [6, 6.07) is 16.5. The van der Waals surface area contributed by atoms with Gasteiger partial charge in [-0.2, -0.15) is 0 Å². The van der Waals surface area contributed by atoms with Crippen molar-refractivity contribution in [3.8, 4) is 5.75 Å². The van der Waals surface area contributed by atoms with Crippen molar-refractivity contribution in [1.29, 1.82) is 0 Å². The van der Waals surface area contributed by atoms with E-state index in [9.17, 15) is 4.79 Å². The fraction of sp³-hybridized carbons (Fsp3) is 0.278. The number of ether oxygens (including phenoxy) is 1. The van der Waals surface area contributed by atoms with E-state index in [1.165, 1.54) is 0 Å². The molecule has 0 aliphatic heterocycles. The Labute approximate surface area is 131 Å². The van der Waals surface area contributed by atoms with Crippen LogP contribution in [0.3, 0.4) is 0 Å². The number of anilines is 1. The van der Waals surface area contributed by atoms with E-state index in [2.05, 4.69) is 12.2 Å². The standard InChI is InChI=1S/C18H22N2O2/c1-2-12-22-16-10-8-15(9-11-16)20-18(21)17(19)13-14-6-4-3-5-7-14/h3-11,17H,2,12-13,19H2,1H3,(H,20,21)/t17-/m0/s1. The topological polar surface area (TPSA) is 64.3 Å². The first-order chi connectivity index (χ1) is 10.7. The van der Waals surface area contributed by atoms with Crippen LogP contribution in [-0.4, -0.2) is 18.6 Å². The van der Waals surface area contributed by atoms with E-state index in [1.54, 1.807) is 0 Å². The molecule has 0 unspecified atom stereocenters. The first kappa shape index (κ1) is 16.0. The minimum absolute atomic E-state index is 0.189. The third-order valence-corrected chi connectivity index (χ3v) is 3.23. The molecule has 0 aromatic heterocycles. The fourth-order valence-electron chi connectivity index (χ4n) is 2.05. The average Bonchev–Trinajstić information content (AvgIpc) is 2.55. The molecule has 1 atom stereocenters. The molecule has 0 aliphatic carbocycles. The first-order valence-electron chi connectivity index (χ1n) is 7.52. The third-order valence-electron chi connectivity index (χ3n) is 3.23. The molecule has 2 rings (SSSR count). The molecular weight excluding hydrogens is 276 g/mol. The Bertz CT molecular complexity index is 582. The number of amides is 1. The lowest BCUT2D eigenvalue weighted by molar-refractivity contribution is -0.117. The number of benzene rings is 2. The van der Waals surface area contributed by atoms with Crippen molar-refractivity contribution in [2.75, 3.05) is 11.9 Å². The largest absolute Gasteiger partial charge is 0.494 e. The van der Waals surface area contributed by atoms with Crippen LogP contribution in [0.25, 0.3) is 0 Å². The van der Waals surface area contributed by atoms with Gasteiger partial charge >= 0.3 is 0 Å². The minimum Gasteiger partial charge on any atom is -0.494 e. The molecule has 0 saturated carbocycles. The predicted octanol–water partition coefficient (Wildman–Crippen LogP) is 2.98. The smallest absolute Gasteiger partial charge is 0.241 e. The number of carbonyl (C=O) groups excluding carboxylic acids is 1. The van der Waals surface area contributed by atoms with Crippen LogP contribution in [0.15, 0.2) is 54.6 Å². The van der Waals surface area contributed by atoms with Gasteiger partial charge in [-0.05, 0) is 42.7 Å². The van der Waals surface area contributed by atoms with Crippen LogP contribution in [0.2, 0.25) is 0 Å². The van der Waals surface area contributed by atoms with Crippen molar-refractivity contribution in [3.63, 3.8) is 0 Å². The van der Waals surface area contributed by atoms with E-state index >= 15 is 0 Å². The highest BCUT2D eigenvalue weighted by molar-refractivity contribution is 5.94. The summed E-state index contributed by atoms with van der Waals surface area (Å²) in [5, 5.41) is 2.83. The fourth-order valence-corrected chi connectivity index (χ4v) is 2.05. The zero-order valence-electron chi connectivity index (χ0n) is 12.8. The number of hydrogen-bond acceptors (Lipinski definition) is 3. The quantitative estimate of drug-likeness (QED) is 0.826. The molecule has 116 valence electrons. The van der Waals surface area contributed by atoms with Gasteiger partial charge in [0.05, 0.1) is 12.6 Å². The third kappa shape index (κ3) is 4.90. The number of hydrogen-bond donors (Lipinski definition) is 2. The molecule has 0 fully saturated rings. The summed E-state index contributed by atoms with van der Waals surface area (Å²) in [7, 11) is 0. The van der Waals surface area contributed by atoms with Gasteiger partial charge in [-0.1, -0.05) is 37.3 Å². The molecule has 2 aromatic rings. The summed E-state index contributed by atoms with van der Waals surface area (Å²) in [5.74, 6) is 0.611. The van der Waals surface area contributed by atoms with Crippen LogP contribution in [0, 0.1) is 0 Å². The molecule has 3 N–H and O–H groups in total. The second kappa shape index (κ2) is 8.20. The Kier molecular flexibility index (Phi) is 5.98. The van der Waals surface area contributed by atoms with Gasteiger partial charge < -0.3 is 15.8 Å². The predicted molar refractivity (Wildman–Crippen MR) is 89.0 cm³/mol. The molecule has 0 bridgehead atoms. The summed E-state index contributed by atoms with van der Waals surface area (Å²) >= 11 is 0. The van der Waals surface area contributed by atoms with Crippen LogP contribution in [0.1, 0.15) is 18.9 Å². The summed E-state index contributed by atoms with van der Waals surface area (Å²) in [5.41, 5.74) is 7.73. The van der Waals surface area contributed by atoms with Gasteiger partial charge in [-0.15, -0.1) is 0 Å². The van der Waals surface area contributed by atoms with Crippen LogP contribution < -0.4 is 15.8 Å². The van der Waals surface area contributed by atoms with Gasteiger partial charge in [-0.3, -0.25) is 4.79 Å². The molecule has 1 amide bonds. The maximum atomic E-state index is 12.1. The van der Waals surface area contributed by atoms with Gasteiger partial charge in [-0.25, -0.2) is 0 Å². The SMILES string of the molecule is CCCOc1ccc(NC(=O)[C@@H](N)Cc2ccccc2)cc1. The molecule has 0 aliphatic rings. The van der Waals surface area contributed by atoms with Crippen molar-refractivity contribution >= 4 is 11.6 Å². The summed E-state index contributed by atoms with van der Waals surface area (Å²) in [4.78, 5) is 12.1. The zero-order chi connectivity index (χ0) is 15.8. The maximum absolute atomic E-state index is 12.1. The van der Waals surface area contributed by atoms with E-state index in [0.29, 0.717) is 13.0 Å². The molecule has 0 saturated heterocycles. The molecule has 4 nitrogen and oxygen atoms in total. The number of carbonyl (C=O) groups is 1. The monoisotopic (exact) mass is 298 g/mol. The van der Waals surface area contributed by atoms with E-state index in [0.717, 1.165) is 23.4 Å². The normalized spacial score (nSPS) is 11.7. The summed E-state index contributed by atoms with van der Waals surface area (Å²) < 4.78 is 5.50. The lowest BCUT2D eigenvalue weighted by atomic mass is 10.1. The first-order valence-corrected chi connectivity index (χ1v) is 7.52. The van der Waals surface area contributed by atoms with Crippen molar-refractivity contribution in [2.45, 2.75) is 25.8 Å². The second-order valence-electron chi connectivity index (χ2n) is 5.16. The second-order valence-corrected chi connectivity index (χ2v) is 5.16. The molecule has 4 heteroatoms. The lowest BCUT2D eigenvalue weighted by Gasteiger charge is -2.13. The van der Waals surface area contributed by atoms with E-state index in [-0.39, 0.29) is 5.91 Å². The number of nitrogens with two attached hydrogens (primary N) is 1. The van der Waals surface area contributed by atoms with Crippen LogP contribution >= 0.6 is 0 Å². The summed E-state index contributed by atoms with van der Waals surface area (Å²) in [6.07, 6.45) is 1.48. The molecule has 2 aromatic carbocycles. The highest BCUT2D eigenvalue weighted by Crippen LogP contribution is 2.16. The Hall–Kier alpha value is -2.33. The highest BCUT2D eigenvalue weighted by Gasteiger charge is 2.14. The van der Waals surface area contributed by atoms with Crippen molar-refractivity contribution in [1.82, 2.24) is 0 Å². The molecule has 0 heterocycles. The van der Waals surface area contributed by atoms with Crippen molar-refractivity contribution < 1.29 is 9.53 Å². The van der Waals surface area contributed by atoms with Gasteiger partial charge in [0.25, 0.3) is 0 Å². The van der Waals surface area contributed by atoms with Gasteiger partial charge in [0, 0.05) is 5.69 Å². The van der Waals surface area contributed by atoms with Gasteiger partial charge in [0.15, 0.2) is 0 Å². The van der Waals surface area contributed by atoms with Crippen LogP contribution in [0.5, 0.6) is 5.75 Å². The number of nitrogens with one attached hydrogen (secondary N) is 1. The minimum atomic E-state index is -0.571. The summed E-state index contributed by atoms with van der Waals surface area (Å²) in [6.45, 7) is 2.75. The van der Waals surface area contributed by atoms with Crippen LogP contribution in [0.4, 0.5) is 5.69 Å². The van der Waals surface area contributed by atoms with Crippen molar-refractivity contribution in [3.05, 3.63) is 60.2 Å². The molecule has 0 radical (unpaired) electrons. The Morgan fingerprint density at radius 3 is 2.45 bits per heavy atom. The average molecular weight is 298 g/mol. The van der Waals surface area contributed by atoms with Gasteiger partial charge in [0.2, 0.25) is 5.91 Å². The Morgan fingerprint density at radius 2 is 1.82 bits per heavy atom. The van der Waals surface area contributed by atoms with E-state index in [4.69, 9.17) is 10.5 Å². The van der Waals surface area contributed by atoms with E-state index in [1.807, 2.05) is 54.6 Å².